The molecule has 1 unspecified atom stereocenters. The molecule has 6 nitrogen and oxygen atoms in total. The van der Waals surface area contributed by atoms with Crippen LogP contribution in [0.2, 0.25) is 0 Å². The van der Waals surface area contributed by atoms with Gasteiger partial charge >= 0.3 is 5.97 Å². The number of carbonyl (C=O) groups excluding carboxylic acids is 1. The number of likely N-dealkylation sites (tertiary alicyclic amines) is 1. The quantitative estimate of drug-likeness (QED) is 0.467. The van der Waals surface area contributed by atoms with Gasteiger partial charge in [0.1, 0.15) is 0 Å². The first kappa shape index (κ1) is 21.6. The third-order valence-corrected chi connectivity index (χ3v) is 6.30. The Hall–Kier alpha value is -2.08. The van der Waals surface area contributed by atoms with Crippen LogP contribution in [0.25, 0.3) is 0 Å². The van der Waals surface area contributed by atoms with E-state index in [4.69, 9.17) is 9.47 Å². The van der Waals surface area contributed by atoms with Gasteiger partial charge in [-0.1, -0.05) is 24.3 Å². The molecular weight excluding hydrogens is 366 g/mol. The Bertz CT molecular complexity index is 713. The molecule has 1 aromatic rings. The van der Waals surface area contributed by atoms with Crippen LogP contribution in [0, 0.1) is 12.8 Å². The van der Waals surface area contributed by atoms with Crippen molar-refractivity contribution in [3.63, 3.8) is 0 Å². The lowest BCUT2D eigenvalue weighted by Crippen LogP contribution is -2.52. The average Bonchev–Trinajstić information content (AvgIpc) is 2.75. The number of esters is 1. The third kappa shape index (κ3) is 5.10. The summed E-state index contributed by atoms with van der Waals surface area (Å²) >= 11 is 0. The number of carbonyl (C=O) groups is 1. The minimum atomic E-state index is -0.0894. The van der Waals surface area contributed by atoms with Crippen molar-refractivity contribution in [2.45, 2.75) is 44.9 Å². The summed E-state index contributed by atoms with van der Waals surface area (Å²) in [6, 6.07) is 8.67. The normalized spacial score (nSPS) is 22.2. The Kier molecular flexibility index (Phi) is 7.53. The lowest BCUT2D eigenvalue weighted by atomic mass is 9.72. The molecule has 3 rings (SSSR count). The molecule has 0 saturated carbocycles. The number of hydrogen-bond acceptors (Lipinski definition) is 4. The Morgan fingerprint density at radius 2 is 2.10 bits per heavy atom. The predicted molar refractivity (Wildman–Crippen MR) is 115 cm³/mol. The van der Waals surface area contributed by atoms with Gasteiger partial charge in [0.2, 0.25) is 0 Å². The van der Waals surface area contributed by atoms with Crippen LogP contribution < -0.4 is 5.32 Å². The van der Waals surface area contributed by atoms with Gasteiger partial charge in [-0.15, -0.1) is 0 Å². The summed E-state index contributed by atoms with van der Waals surface area (Å²) in [4.78, 5) is 18.9. The maximum atomic E-state index is 12.2. The molecule has 2 aliphatic heterocycles. The zero-order valence-electron chi connectivity index (χ0n) is 18.1. The van der Waals surface area contributed by atoms with Crippen molar-refractivity contribution in [2.24, 2.45) is 10.9 Å². The van der Waals surface area contributed by atoms with E-state index in [0.717, 1.165) is 57.9 Å². The smallest absolute Gasteiger partial charge is 0.310 e. The summed E-state index contributed by atoms with van der Waals surface area (Å²) in [5.41, 5.74) is 2.76. The highest BCUT2D eigenvalue weighted by Gasteiger charge is 2.36. The first-order valence-electron chi connectivity index (χ1n) is 10.9. The fourth-order valence-corrected chi connectivity index (χ4v) is 4.67. The second-order valence-corrected chi connectivity index (χ2v) is 8.15. The van der Waals surface area contributed by atoms with Gasteiger partial charge in [0.25, 0.3) is 0 Å². The van der Waals surface area contributed by atoms with E-state index in [1.54, 1.807) is 0 Å². The highest BCUT2D eigenvalue weighted by atomic mass is 16.5. The van der Waals surface area contributed by atoms with Crippen LogP contribution in [0.1, 0.15) is 43.7 Å². The van der Waals surface area contributed by atoms with E-state index in [-0.39, 0.29) is 17.3 Å². The van der Waals surface area contributed by atoms with Crippen LogP contribution in [0.15, 0.2) is 29.3 Å². The summed E-state index contributed by atoms with van der Waals surface area (Å²) in [7, 11) is 1.82. The van der Waals surface area contributed by atoms with Gasteiger partial charge < -0.3 is 19.7 Å². The minimum absolute atomic E-state index is 0.0376. The van der Waals surface area contributed by atoms with E-state index in [9.17, 15) is 4.79 Å². The van der Waals surface area contributed by atoms with Crippen LogP contribution in [-0.4, -0.2) is 63.3 Å². The fourth-order valence-electron chi connectivity index (χ4n) is 4.67. The molecular formula is C23H35N3O3. The molecule has 6 heteroatoms. The van der Waals surface area contributed by atoms with Crippen molar-refractivity contribution in [3.8, 4) is 0 Å². The molecule has 1 N–H and O–H groups in total. The van der Waals surface area contributed by atoms with Crippen LogP contribution in [-0.2, 0) is 19.7 Å². The number of piperidine rings is 1. The van der Waals surface area contributed by atoms with Gasteiger partial charge in [0.05, 0.1) is 12.5 Å². The molecule has 0 bridgehead atoms. The number of guanidine groups is 1. The van der Waals surface area contributed by atoms with Crippen molar-refractivity contribution in [1.82, 2.24) is 10.2 Å². The van der Waals surface area contributed by atoms with E-state index in [0.29, 0.717) is 13.2 Å². The van der Waals surface area contributed by atoms with Crippen molar-refractivity contribution >= 4 is 11.9 Å². The fraction of sp³-hybridized carbons (Fsp3) is 0.652. The van der Waals surface area contributed by atoms with E-state index >= 15 is 0 Å². The van der Waals surface area contributed by atoms with Crippen LogP contribution in [0.3, 0.4) is 0 Å². The zero-order chi connectivity index (χ0) is 20.7. The van der Waals surface area contributed by atoms with Crippen LogP contribution >= 0.6 is 0 Å². The van der Waals surface area contributed by atoms with Gasteiger partial charge in [-0.05, 0) is 50.7 Å². The molecule has 0 radical (unpaired) electrons. The SMILES string of the molecule is CCOC(=O)C1CCCN(C(=NC)NCC2(c3ccccc3C)CCOCC2)C1. The maximum Gasteiger partial charge on any atom is 0.310 e. The van der Waals surface area contributed by atoms with Crippen molar-refractivity contribution in [2.75, 3.05) is 46.5 Å². The standard InChI is InChI=1S/C23H35N3O3/c1-4-29-21(27)19-9-7-13-26(16-19)22(24-3)25-17-23(11-14-28-15-12-23)20-10-6-5-8-18(20)2/h5-6,8,10,19H,4,7,9,11-17H2,1-3H3,(H,24,25). The van der Waals surface area contributed by atoms with Crippen molar-refractivity contribution in [3.05, 3.63) is 35.4 Å². The van der Waals surface area contributed by atoms with E-state index in [1.165, 1.54) is 11.1 Å². The Morgan fingerprint density at radius 1 is 1.34 bits per heavy atom. The van der Waals surface area contributed by atoms with Crippen LogP contribution in [0.4, 0.5) is 0 Å². The van der Waals surface area contributed by atoms with Gasteiger partial charge in [0.15, 0.2) is 5.96 Å². The number of ether oxygens (including phenoxy) is 2. The van der Waals surface area contributed by atoms with Gasteiger partial charge in [-0.25, -0.2) is 0 Å². The number of hydrogen-bond donors (Lipinski definition) is 1. The average molecular weight is 402 g/mol. The second kappa shape index (κ2) is 10.1. The number of benzene rings is 1. The number of aliphatic imine (C=N–C) groups is 1. The predicted octanol–water partition coefficient (Wildman–Crippen LogP) is 2.89. The third-order valence-electron chi connectivity index (χ3n) is 6.30. The molecule has 1 aromatic carbocycles. The summed E-state index contributed by atoms with van der Waals surface area (Å²) in [5, 5.41) is 3.64. The highest BCUT2D eigenvalue weighted by Crippen LogP contribution is 2.36. The maximum absolute atomic E-state index is 12.2. The highest BCUT2D eigenvalue weighted by molar-refractivity contribution is 5.81. The van der Waals surface area contributed by atoms with E-state index in [1.807, 2.05) is 14.0 Å². The molecule has 160 valence electrons. The summed E-state index contributed by atoms with van der Waals surface area (Å²) in [6.45, 7) is 8.44. The molecule has 0 aliphatic carbocycles. The van der Waals surface area contributed by atoms with Crippen molar-refractivity contribution in [1.29, 1.82) is 0 Å². The van der Waals surface area contributed by atoms with E-state index in [2.05, 4.69) is 46.4 Å². The summed E-state index contributed by atoms with van der Waals surface area (Å²) in [5.74, 6) is 0.711. The molecule has 2 heterocycles. The first-order chi connectivity index (χ1) is 14.1. The molecule has 29 heavy (non-hydrogen) atoms. The Labute approximate surface area is 174 Å². The van der Waals surface area contributed by atoms with Gasteiger partial charge in [-0.2, -0.15) is 0 Å². The summed E-state index contributed by atoms with van der Waals surface area (Å²) in [6.07, 6.45) is 3.85. The molecule has 2 saturated heterocycles. The summed E-state index contributed by atoms with van der Waals surface area (Å²) < 4.78 is 10.9. The lowest BCUT2D eigenvalue weighted by Gasteiger charge is -2.41. The number of nitrogens with one attached hydrogen (secondary N) is 1. The lowest BCUT2D eigenvalue weighted by molar-refractivity contribution is -0.149. The van der Waals surface area contributed by atoms with Gasteiger partial charge in [0, 0.05) is 45.3 Å². The first-order valence-corrected chi connectivity index (χ1v) is 10.9. The second-order valence-electron chi connectivity index (χ2n) is 8.15. The molecule has 2 aliphatic rings. The molecule has 1 atom stereocenters. The molecule has 0 amide bonds. The van der Waals surface area contributed by atoms with Gasteiger partial charge in [-0.3, -0.25) is 9.79 Å². The monoisotopic (exact) mass is 401 g/mol. The minimum Gasteiger partial charge on any atom is -0.466 e. The van der Waals surface area contributed by atoms with E-state index < -0.39 is 0 Å². The number of aryl methyl sites for hydroxylation is 1. The zero-order valence-corrected chi connectivity index (χ0v) is 18.1. The Balaban J connectivity index is 1.71. The number of rotatable bonds is 5. The molecule has 0 aromatic heterocycles. The molecule has 2 fully saturated rings. The topological polar surface area (TPSA) is 63.2 Å². The number of nitrogens with zero attached hydrogens (tertiary/aromatic N) is 2. The molecule has 0 spiro atoms. The Morgan fingerprint density at radius 3 is 2.79 bits per heavy atom. The van der Waals surface area contributed by atoms with Crippen molar-refractivity contribution < 1.29 is 14.3 Å². The van der Waals surface area contributed by atoms with Crippen LogP contribution in [0.5, 0.6) is 0 Å². The largest absolute Gasteiger partial charge is 0.466 e.